The van der Waals surface area contributed by atoms with Crippen molar-refractivity contribution in [3.63, 3.8) is 0 Å². The Morgan fingerprint density at radius 1 is 1.24 bits per heavy atom. The van der Waals surface area contributed by atoms with E-state index in [2.05, 4.69) is 19.2 Å². The highest BCUT2D eigenvalue weighted by Gasteiger charge is 2.26. The molecule has 7 heteroatoms. The summed E-state index contributed by atoms with van der Waals surface area (Å²) in [7, 11) is -0.103. The van der Waals surface area contributed by atoms with E-state index in [1.165, 1.54) is 8.61 Å². The minimum absolute atomic E-state index is 0.0366. The molecule has 0 spiro atoms. The topological polar surface area (TPSA) is 61.9 Å². The van der Waals surface area contributed by atoms with Crippen LogP contribution in [0.2, 0.25) is 0 Å². The monoisotopic (exact) mass is 321 g/mol. The second-order valence-corrected chi connectivity index (χ2v) is 8.20. The fourth-order valence-corrected chi connectivity index (χ4v) is 3.57. The average Bonchev–Trinajstić information content (AvgIpc) is 2.44. The van der Waals surface area contributed by atoms with Crippen molar-refractivity contribution in [2.24, 2.45) is 0 Å². The minimum Gasteiger partial charge on any atom is -0.377 e. The lowest BCUT2D eigenvalue weighted by Crippen LogP contribution is -2.44. The third-order valence-corrected chi connectivity index (χ3v) is 5.63. The summed E-state index contributed by atoms with van der Waals surface area (Å²) in [4.78, 5) is 0. The van der Waals surface area contributed by atoms with E-state index in [1.54, 1.807) is 14.1 Å². The first-order valence-corrected chi connectivity index (χ1v) is 9.26. The molecule has 6 nitrogen and oxygen atoms in total. The Hall–Kier alpha value is -0.210. The Morgan fingerprint density at radius 2 is 1.95 bits per heavy atom. The summed E-state index contributed by atoms with van der Waals surface area (Å²) in [5.41, 5.74) is 0. The number of hydrogen-bond donors (Lipinski definition) is 1. The van der Waals surface area contributed by atoms with Crippen LogP contribution in [0.15, 0.2) is 0 Å². The van der Waals surface area contributed by atoms with E-state index in [9.17, 15) is 8.42 Å². The largest absolute Gasteiger partial charge is 0.377 e. The molecule has 1 aliphatic heterocycles. The van der Waals surface area contributed by atoms with Gasteiger partial charge in [-0.3, -0.25) is 0 Å². The molecule has 0 aromatic heterocycles. The number of hydrogen-bond acceptors (Lipinski definition) is 4. The van der Waals surface area contributed by atoms with E-state index in [0.29, 0.717) is 19.1 Å². The average molecular weight is 321 g/mol. The molecule has 1 rings (SSSR count). The first-order valence-electron chi connectivity index (χ1n) is 7.86. The van der Waals surface area contributed by atoms with Gasteiger partial charge in [-0.1, -0.05) is 13.8 Å². The molecule has 1 N–H and O–H groups in total. The van der Waals surface area contributed by atoms with Crippen LogP contribution < -0.4 is 5.32 Å². The van der Waals surface area contributed by atoms with Crippen LogP contribution in [0.4, 0.5) is 0 Å². The Kier molecular flexibility index (Phi) is 8.12. The van der Waals surface area contributed by atoms with Gasteiger partial charge in [0.05, 0.1) is 6.10 Å². The van der Waals surface area contributed by atoms with Crippen molar-refractivity contribution >= 4 is 10.2 Å². The molecular weight excluding hydrogens is 290 g/mol. The summed E-state index contributed by atoms with van der Waals surface area (Å²) in [6, 6.07) is 0.429. The number of nitrogens with zero attached hydrogens (tertiary/aromatic N) is 2. The van der Waals surface area contributed by atoms with Gasteiger partial charge in [-0.15, -0.1) is 0 Å². The maximum absolute atomic E-state index is 12.4. The summed E-state index contributed by atoms with van der Waals surface area (Å²) in [5.74, 6) is 0. The van der Waals surface area contributed by atoms with Crippen LogP contribution in [-0.4, -0.2) is 69.5 Å². The fraction of sp³-hybridized carbons (Fsp3) is 1.00. The SMILES string of the molecule is CC(C)NCCCN(C)S(=O)(=O)N(C)CC1CCCCO1. The predicted molar refractivity (Wildman–Crippen MR) is 85.5 cm³/mol. The lowest BCUT2D eigenvalue weighted by atomic mass is 10.1. The molecule has 1 atom stereocenters. The van der Waals surface area contributed by atoms with Crippen molar-refractivity contribution in [1.82, 2.24) is 13.9 Å². The van der Waals surface area contributed by atoms with E-state index in [1.807, 2.05) is 0 Å². The van der Waals surface area contributed by atoms with Crippen LogP contribution in [0.25, 0.3) is 0 Å². The third-order valence-electron chi connectivity index (χ3n) is 3.72. The van der Waals surface area contributed by atoms with Crippen molar-refractivity contribution < 1.29 is 13.2 Å². The number of likely N-dealkylation sites (N-methyl/N-ethyl adjacent to an activating group) is 1. The lowest BCUT2D eigenvalue weighted by Gasteiger charge is -2.29. The van der Waals surface area contributed by atoms with Gasteiger partial charge in [0, 0.05) is 39.8 Å². The second-order valence-electron chi connectivity index (χ2n) is 6.06. The number of ether oxygens (including phenoxy) is 1. The summed E-state index contributed by atoms with van der Waals surface area (Å²) < 4.78 is 33.3. The lowest BCUT2D eigenvalue weighted by molar-refractivity contribution is 0.00805. The van der Waals surface area contributed by atoms with E-state index in [-0.39, 0.29) is 6.10 Å². The van der Waals surface area contributed by atoms with Gasteiger partial charge in [0.1, 0.15) is 0 Å². The van der Waals surface area contributed by atoms with Crippen molar-refractivity contribution in [2.75, 3.05) is 40.3 Å². The molecule has 0 amide bonds. The summed E-state index contributed by atoms with van der Waals surface area (Å²) in [6.07, 6.45) is 3.99. The van der Waals surface area contributed by atoms with Gasteiger partial charge in [-0.05, 0) is 32.2 Å². The smallest absolute Gasteiger partial charge is 0.281 e. The first kappa shape index (κ1) is 18.8. The van der Waals surface area contributed by atoms with Crippen molar-refractivity contribution in [2.45, 2.75) is 51.7 Å². The standard InChI is InChI=1S/C14H31N3O3S/c1-13(2)15-9-7-10-16(3)21(18,19)17(4)12-14-8-5-6-11-20-14/h13-15H,5-12H2,1-4H3. The molecule has 1 saturated heterocycles. The molecule has 0 aromatic rings. The minimum atomic E-state index is -3.38. The second kappa shape index (κ2) is 9.05. The van der Waals surface area contributed by atoms with Crippen LogP contribution >= 0.6 is 0 Å². The van der Waals surface area contributed by atoms with Crippen molar-refractivity contribution in [3.05, 3.63) is 0 Å². The molecule has 1 heterocycles. The zero-order chi connectivity index (χ0) is 15.9. The van der Waals surface area contributed by atoms with E-state index in [0.717, 1.165) is 38.8 Å². The van der Waals surface area contributed by atoms with Crippen LogP contribution in [0.3, 0.4) is 0 Å². The zero-order valence-electron chi connectivity index (χ0n) is 13.8. The Balaban J connectivity index is 2.38. The van der Waals surface area contributed by atoms with Gasteiger partial charge in [0.15, 0.2) is 0 Å². The first-order chi connectivity index (χ1) is 9.84. The van der Waals surface area contributed by atoms with Crippen molar-refractivity contribution in [1.29, 1.82) is 0 Å². The third kappa shape index (κ3) is 6.61. The van der Waals surface area contributed by atoms with Crippen molar-refractivity contribution in [3.8, 4) is 0 Å². The normalized spacial score (nSPS) is 20.6. The Labute approximate surface area is 130 Å². The molecule has 0 bridgehead atoms. The molecule has 1 aliphatic rings. The predicted octanol–water partition coefficient (Wildman–Crippen LogP) is 1.05. The Bertz CT molecular complexity index is 381. The highest BCUT2D eigenvalue weighted by molar-refractivity contribution is 7.86. The molecule has 1 fully saturated rings. The molecule has 0 radical (unpaired) electrons. The van der Waals surface area contributed by atoms with Gasteiger partial charge in [0.25, 0.3) is 10.2 Å². The molecule has 126 valence electrons. The molecular formula is C14H31N3O3S. The van der Waals surface area contributed by atoms with Crippen LogP contribution in [0.5, 0.6) is 0 Å². The fourth-order valence-electron chi connectivity index (χ4n) is 2.38. The summed E-state index contributed by atoms with van der Waals surface area (Å²) in [5, 5.41) is 3.29. The molecule has 0 aromatic carbocycles. The van der Waals surface area contributed by atoms with E-state index in [4.69, 9.17) is 4.74 Å². The summed E-state index contributed by atoms with van der Waals surface area (Å²) in [6.45, 7) is 6.70. The zero-order valence-corrected chi connectivity index (χ0v) is 14.7. The molecule has 0 saturated carbocycles. The maximum Gasteiger partial charge on any atom is 0.281 e. The molecule has 0 aliphatic carbocycles. The van der Waals surface area contributed by atoms with Crippen LogP contribution in [-0.2, 0) is 14.9 Å². The van der Waals surface area contributed by atoms with Gasteiger partial charge >= 0.3 is 0 Å². The van der Waals surface area contributed by atoms with Gasteiger partial charge < -0.3 is 10.1 Å². The highest BCUT2D eigenvalue weighted by Crippen LogP contribution is 2.15. The molecule has 1 unspecified atom stereocenters. The Morgan fingerprint density at radius 3 is 2.52 bits per heavy atom. The maximum atomic E-state index is 12.4. The number of nitrogens with one attached hydrogen (secondary N) is 1. The highest BCUT2D eigenvalue weighted by atomic mass is 32.2. The van der Waals surface area contributed by atoms with Crippen LogP contribution in [0.1, 0.15) is 39.5 Å². The van der Waals surface area contributed by atoms with Gasteiger partial charge in [-0.2, -0.15) is 17.0 Å². The van der Waals surface area contributed by atoms with E-state index < -0.39 is 10.2 Å². The molecule has 21 heavy (non-hydrogen) atoms. The number of rotatable bonds is 9. The van der Waals surface area contributed by atoms with Gasteiger partial charge in [0.2, 0.25) is 0 Å². The van der Waals surface area contributed by atoms with E-state index >= 15 is 0 Å². The van der Waals surface area contributed by atoms with Gasteiger partial charge in [-0.25, -0.2) is 0 Å². The summed E-state index contributed by atoms with van der Waals surface area (Å²) >= 11 is 0. The quantitative estimate of drug-likeness (QED) is 0.645. The van der Waals surface area contributed by atoms with Crippen LogP contribution in [0, 0.1) is 0 Å².